The molecule has 4 rings (SSSR count). The molecule has 0 bridgehead atoms. The second-order valence-electron chi connectivity index (χ2n) is 6.95. The number of aryl methyl sites for hydroxylation is 1. The topological polar surface area (TPSA) is 91.4 Å². The van der Waals surface area contributed by atoms with E-state index < -0.39 is 0 Å². The number of aromatic nitrogens is 3. The van der Waals surface area contributed by atoms with E-state index in [1.165, 1.54) is 0 Å². The first-order chi connectivity index (χ1) is 13.1. The third-order valence-electron chi connectivity index (χ3n) is 5.12. The van der Waals surface area contributed by atoms with E-state index in [-0.39, 0.29) is 23.1 Å². The second kappa shape index (κ2) is 7.48. The smallest absolute Gasteiger partial charge is 0.261 e. The molecule has 142 valence electrons. The number of H-pyrrole nitrogens is 1. The highest BCUT2D eigenvalue weighted by molar-refractivity contribution is 5.95. The highest BCUT2D eigenvalue weighted by Gasteiger charge is 2.29. The van der Waals surface area contributed by atoms with Crippen molar-refractivity contribution in [2.24, 2.45) is 0 Å². The number of nitrogens with zero attached hydrogens (tertiary/aromatic N) is 4. The van der Waals surface area contributed by atoms with E-state index in [4.69, 9.17) is 4.74 Å². The Bertz CT molecular complexity index is 891. The summed E-state index contributed by atoms with van der Waals surface area (Å²) in [5.74, 6) is 0.448. The number of hydrogen-bond donors (Lipinski definition) is 1. The van der Waals surface area contributed by atoms with E-state index in [1.807, 2.05) is 6.07 Å². The number of morpholine rings is 1. The van der Waals surface area contributed by atoms with Crippen molar-refractivity contribution < 1.29 is 9.53 Å². The van der Waals surface area contributed by atoms with Gasteiger partial charge in [0.1, 0.15) is 11.7 Å². The van der Waals surface area contributed by atoms with Gasteiger partial charge in [0.15, 0.2) is 0 Å². The van der Waals surface area contributed by atoms with Gasteiger partial charge in [-0.15, -0.1) is 0 Å². The van der Waals surface area contributed by atoms with Gasteiger partial charge in [0.2, 0.25) is 5.95 Å². The van der Waals surface area contributed by atoms with Crippen LogP contribution in [0.2, 0.25) is 0 Å². The maximum absolute atomic E-state index is 12.9. The number of anilines is 1. The monoisotopic (exact) mass is 369 g/mol. The van der Waals surface area contributed by atoms with Gasteiger partial charge in [0.05, 0.1) is 18.8 Å². The van der Waals surface area contributed by atoms with Gasteiger partial charge in [-0.3, -0.25) is 9.59 Å². The number of carbonyl (C=O) groups is 1. The number of hydrogen-bond acceptors (Lipinski definition) is 6. The Morgan fingerprint density at radius 1 is 1.26 bits per heavy atom. The molecule has 2 aromatic heterocycles. The van der Waals surface area contributed by atoms with Crippen molar-refractivity contribution in [2.75, 3.05) is 37.7 Å². The van der Waals surface area contributed by atoms with Gasteiger partial charge >= 0.3 is 0 Å². The number of pyridine rings is 1. The van der Waals surface area contributed by atoms with Crippen molar-refractivity contribution in [3.63, 3.8) is 0 Å². The van der Waals surface area contributed by atoms with Crippen LogP contribution in [-0.2, 0) is 4.74 Å². The van der Waals surface area contributed by atoms with Crippen LogP contribution in [0.4, 0.5) is 5.95 Å². The normalized spacial score (nSPS) is 20.1. The van der Waals surface area contributed by atoms with Crippen LogP contribution in [0.1, 0.15) is 40.6 Å². The fourth-order valence-electron chi connectivity index (χ4n) is 3.62. The van der Waals surface area contributed by atoms with Gasteiger partial charge in [0.25, 0.3) is 11.5 Å². The maximum Gasteiger partial charge on any atom is 0.261 e. The van der Waals surface area contributed by atoms with Crippen molar-refractivity contribution in [3.8, 4) is 0 Å². The SMILES string of the molecule is Cc1cc[nH]c(=O)c1C(=O)N1CCO[C@H](c2ccnc(N3CCCC3)n2)C1. The van der Waals surface area contributed by atoms with E-state index in [0.29, 0.717) is 31.2 Å². The predicted molar refractivity (Wildman–Crippen MR) is 99.9 cm³/mol. The summed E-state index contributed by atoms with van der Waals surface area (Å²) in [5, 5.41) is 0. The molecule has 0 saturated carbocycles. The van der Waals surface area contributed by atoms with Crippen LogP contribution in [0.5, 0.6) is 0 Å². The van der Waals surface area contributed by atoms with Crippen molar-refractivity contribution >= 4 is 11.9 Å². The van der Waals surface area contributed by atoms with E-state index in [2.05, 4.69) is 19.9 Å². The molecule has 0 radical (unpaired) electrons. The summed E-state index contributed by atoms with van der Waals surface area (Å²) >= 11 is 0. The molecule has 2 saturated heterocycles. The fraction of sp³-hybridized carbons (Fsp3) is 0.474. The van der Waals surface area contributed by atoms with Crippen molar-refractivity contribution in [1.29, 1.82) is 0 Å². The van der Waals surface area contributed by atoms with Crippen LogP contribution in [0.15, 0.2) is 29.3 Å². The molecule has 0 spiro atoms. The zero-order valence-electron chi connectivity index (χ0n) is 15.4. The van der Waals surface area contributed by atoms with E-state index in [1.54, 1.807) is 30.3 Å². The first kappa shape index (κ1) is 17.7. The van der Waals surface area contributed by atoms with Crippen LogP contribution in [-0.4, -0.2) is 58.5 Å². The lowest BCUT2D eigenvalue weighted by atomic mass is 10.1. The molecule has 1 N–H and O–H groups in total. The Morgan fingerprint density at radius 3 is 2.85 bits per heavy atom. The summed E-state index contributed by atoms with van der Waals surface area (Å²) in [5.41, 5.74) is 1.27. The Kier molecular flexibility index (Phi) is 4.89. The molecule has 1 amide bonds. The summed E-state index contributed by atoms with van der Waals surface area (Å²) in [6.45, 7) is 4.93. The molecule has 2 aliphatic rings. The van der Waals surface area contributed by atoms with Gasteiger partial charge in [0, 0.05) is 32.0 Å². The van der Waals surface area contributed by atoms with Crippen molar-refractivity contribution in [1.82, 2.24) is 19.9 Å². The highest BCUT2D eigenvalue weighted by atomic mass is 16.5. The number of rotatable bonds is 3. The molecular weight excluding hydrogens is 346 g/mol. The van der Waals surface area contributed by atoms with Crippen molar-refractivity contribution in [2.45, 2.75) is 25.9 Å². The molecule has 2 fully saturated rings. The van der Waals surface area contributed by atoms with Gasteiger partial charge in [-0.25, -0.2) is 9.97 Å². The number of ether oxygens (including phenoxy) is 1. The number of aromatic amines is 1. The van der Waals surface area contributed by atoms with Crippen LogP contribution in [0, 0.1) is 6.92 Å². The average molecular weight is 369 g/mol. The van der Waals surface area contributed by atoms with Gasteiger partial charge < -0.3 is 19.5 Å². The summed E-state index contributed by atoms with van der Waals surface area (Å²) < 4.78 is 5.87. The minimum absolute atomic E-state index is 0.193. The zero-order chi connectivity index (χ0) is 18.8. The van der Waals surface area contributed by atoms with Crippen LogP contribution in [0.3, 0.4) is 0 Å². The van der Waals surface area contributed by atoms with Crippen molar-refractivity contribution in [3.05, 3.63) is 51.7 Å². The second-order valence-corrected chi connectivity index (χ2v) is 6.95. The number of nitrogens with one attached hydrogen (secondary N) is 1. The number of carbonyl (C=O) groups excluding carboxylic acids is 1. The van der Waals surface area contributed by atoms with Crippen LogP contribution in [0.25, 0.3) is 0 Å². The number of amides is 1. The lowest BCUT2D eigenvalue weighted by Gasteiger charge is -2.33. The fourth-order valence-corrected chi connectivity index (χ4v) is 3.62. The van der Waals surface area contributed by atoms with E-state index in [0.717, 1.165) is 31.6 Å². The van der Waals surface area contributed by atoms with Gasteiger partial charge in [-0.05, 0) is 37.5 Å². The standard InChI is InChI=1S/C19H23N5O3/c1-13-4-6-20-17(25)16(13)18(26)24-10-11-27-15(12-24)14-5-7-21-19(22-14)23-8-2-3-9-23/h4-7,15H,2-3,8-12H2,1H3,(H,20,25)/t15-/m0/s1. The molecule has 0 unspecified atom stereocenters. The molecular formula is C19H23N5O3. The lowest BCUT2D eigenvalue weighted by molar-refractivity contribution is -0.0248. The van der Waals surface area contributed by atoms with Gasteiger partial charge in [-0.2, -0.15) is 0 Å². The molecule has 0 aromatic carbocycles. The maximum atomic E-state index is 12.9. The average Bonchev–Trinajstić information content (AvgIpc) is 3.23. The largest absolute Gasteiger partial charge is 0.368 e. The zero-order valence-corrected chi connectivity index (χ0v) is 15.4. The molecule has 2 aliphatic heterocycles. The van der Waals surface area contributed by atoms with Crippen LogP contribution < -0.4 is 10.5 Å². The van der Waals surface area contributed by atoms with E-state index >= 15 is 0 Å². The Hall–Kier alpha value is -2.74. The minimum Gasteiger partial charge on any atom is -0.368 e. The molecule has 27 heavy (non-hydrogen) atoms. The summed E-state index contributed by atoms with van der Waals surface area (Å²) in [4.78, 5) is 40.5. The van der Waals surface area contributed by atoms with E-state index in [9.17, 15) is 9.59 Å². The highest BCUT2D eigenvalue weighted by Crippen LogP contribution is 2.24. The third kappa shape index (κ3) is 3.57. The molecule has 4 heterocycles. The quantitative estimate of drug-likeness (QED) is 0.877. The lowest BCUT2D eigenvalue weighted by Crippen LogP contribution is -2.44. The molecule has 2 aromatic rings. The summed E-state index contributed by atoms with van der Waals surface area (Å²) in [6, 6.07) is 3.57. The first-order valence-corrected chi connectivity index (χ1v) is 9.30. The first-order valence-electron chi connectivity index (χ1n) is 9.30. The summed E-state index contributed by atoms with van der Waals surface area (Å²) in [6.07, 6.45) is 5.28. The predicted octanol–water partition coefficient (Wildman–Crippen LogP) is 1.29. The minimum atomic E-state index is -0.360. The van der Waals surface area contributed by atoms with Gasteiger partial charge in [-0.1, -0.05) is 0 Å². The molecule has 0 aliphatic carbocycles. The summed E-state index contributed by atoms with van der Waals surface area (Å²) in [7, 11) is 0. The third-order valence-corrected chi connectivity index (χ3v) is 5.12. The molecule has 1 atom stereocenters. The molecule has 8 nitrogen and oxygen atoms in total. The Labute approximate surface area is 157 Å². The van der Waals surface area contributed by atoms with Crippen LogP contribution >= 0.6 is 0 Å². The Morgan fingerprint density at radius 2 is 2.07 bits per heavy atom. The molecule has 8 heteroatoms. The Balaban J connectivity index is 1.54.